The summed E-state index contributed by atoms with van der Waals surface area (Å²) in [5, 5.41) is 0. The van der Waals surface area contributed by atoms with Crippen molar-refractivity contribution in [3.05, 3.63) is 29.6 Å². The molecule has 0 unspecified atom stereocenters. The van der Waals surface area contributed by atoms with E-state index in [-0.39, 0.29) is 10.8 Å². The lowest BCUT2D eigenvalue weighted by atomic mass is 9.60. The maximum atomic E-state index is 5.98. The number of rotatable bonds is 3. The first kappa shape index (κ1) is 12.6. The number of nitrogens with zero attached hydrogens (tertiary/aromatic N) is 1. The average Bonchev–Trinajstić information content (AvgIpc) is 2.66. The molecule has 3 rings (SSSR count). The molecular weight excluding hydrogens is 238 g/mol. The minimum atomic E-state index is 0.0218. The second kappa shape index (κ2) is 4.05. The monoisotopic (exact) mass is 259 g/mol. The van der Waals surface area contributed by atoms with Crippen molar-refractivity contribution in [3.63, 3.8) is 0 Å². The molecule has 0 spiro atoms. The van der Waals surface area contributed by atoms with Gasteiger partial charge >= 0.3 is 0 Å². The first-order chi connectivity index (χ1) is 8.98. The van der Waals surface area contributed by atoms with Crippen molar-refractivity contribution < 1.29 is 4.74 Å². The molecule has 1 saturated heterocycles. The fourth-order valence-corrected chi connectivity index (χ4v) is 2.88. The van der Waals surface area contributed by atoms with E-state index in [1.54, 1.807) is 0 Å². The van der Waals surface area contributed by atoms with Crippen molar-refractivity contribution >= 4 is 11.0 Å². The Hall–Kier alpha value is -1.39. The highest BCUT2D eigenvalue weighted by Crippen LogP contribution is 2.47. The first-order valence-corrected chi connectivity index (χ1v) is 6.73. The standard InChI is InChI=1S/C15H21N3O/c1-10-17-12-5-4-11(6-13(12)18-10)15(8-19-9-15)14(2,3)7-16/h4-6H,7-9,16H2,1-3H3,(H,17,18). The van der Waals surface area contributed by atoms with E-state index in [0.29, 0.717) is 6.54 Å². The van der Waals surface area contributed by atoms with Crippen molar-refractivity contribution in [3.8, 4) is 0 Å². The number of aryl methyl sites for hydroxylation is 1. The molecule has 1 aliphatic rings. The number of aromatic amines is 1. The third kappa shape index (κ3) is 1.70. The molecule has 1 aromatic heterocycles. The Bertz CT molecular complexity index is 611. The molecule has 19 heavy (non-hydrogen) atoms. The van der Waals surface area contributed by atoms with E-state index in [9.17, 15) is 0 Å². The Morgan fingerprint density at radius 2 is 2.16 bits per heavy atom. The van der Waals surface area contributed by atoms with Crippen LogP contribution < -0.4 is 5.73 Å². The summed E-state index contributed by atoms with van der Waals surface area (Å²) in [7, 11) is 0. The minimum Gasteiger partial charge on any atom is -0.379 e. The Balaban J connectivity index is 2.11. The molecule has 0 aliphatic carbocycles. The number of hydrogen-bond acceptors (Lipinski definition) is 3. The van der Waals surface area contributed by atoms with Gasteiger partial charge in [0.05, 0.1) is 24.2 Å². The van der Waals surface area contributed by atoms with E-state index in [1.807, 2.05) is 6.92 Å². The highest BCUT2D eigenvalue weighted by Gasteiger charge is 2.51. The molecule has 0 atom stereocenters. The molecule has 0 amide bonds. The van der Waals surface area contributed by atoms with Crippen LogP contribution in [0.4, 0.5) is 0 Å². The molecule has 1 aromatic carbocycles. The van der Waals surface area contributed by atoms with Crippen LogP contribution in [0.5, 0.6) is 0 Å². The van der Waals surface area contributed by atoms with Gasteiger partial charge < -0.3 is 15.5 Å². The number of H-pyrrole nitrogens is 1. The molecular formula is C15H21N3O. The van der Waals surface area contributed by atoms with E-state index in [1.165, 1.54) is 5.56 Å². The van der Waals surface area contributed by atoms with Gasteiger partial charge in [-0.25, -0.2) is 4.98 Å². The highest BCUT2D eigenvalue weighted by molar-refractivity contribution is 5.76. The van der Waals surface area contributed by atoms with Gasteiger partial charge in [-0.3, -0.25) is 0 Å². The lowest BCUT2D eigenvalue weighted by Crippen LogP contribution is -2.59. The molecule has 0 saturated carbocycles. The first-order valence-electron chi connectivity index (χ1n) is 6.73. The number of aromatic nitrogens is 2. The summed E-state index contributed by atoms with van der Waals surface area (Å²) in [5.41, 5.74) is 9.43. The van der Waals surface area contributed by atoms with Crippen LogP contribution in [-0.2, 0) is 10.2 Å². The molecule has 1 fully saturated rings. The normalized spacial score (nSPS) is 18.5. The van der Waals surface area contributed by atoms with Gasteiger partial charge in [-0.1, -0.05) is 19.9 Å². The number of hydrogen-bond donors (Lipinski definition) is 2. The van der Waals surface area contributed by atoms with Crippen LogP contribution in [0.25, 0.3) is 11.0 Å². The third-order valence-corrected chi connectivity index (χ3v) is 4.66. The van der Waals surface area contributed by atoms with Gasteiger partial charge in [0, 0.05) is 5.41 Å². The molecule has 4 heteroatoms. The number of nitrogens with one attached hydrogen (secondary N) is 1. The Morgan fingerprint density at radius 1 is 1.42 bits per heavy atom. The molecule has 102 valence electrons. The maximum absolute atomic E-state index is 5.98. The van der Waals surface area contributed by atoms with Gasteiger partial charge in [-0.15, -0.1) is 0 Å². The molecule has 4 nitrogen and oxygen atoms in total. The topological polar surface area (TPSA) is 63.9 Å². The predicted molar refractivity (Wildman–Crippen MR) is 76.2 cm³/mol. The minimum absolute atomic E-state index is 0.0218. The molecule has 0 bridgehead atoms. The second-order valence-corrected chi connectivity index (χ2v) is 6.22. The smallest absolute Gasteiger partial charge is 0.104 e. The van der Waals surface area contributed by atoms with Crippen LogP contribution in [0.15, 0.2) is 18.2 Å². The molecule has 2 aromatic rings. The Morgan fingerprint density at radius 3 is 2.74 bits per heavy atom. The number of imidazole rings is 1. The summed E-state index contributed by atoms with van der Waals surface area (Å²) >= 11 is 0. The van der Waals surface area contributed by atoms with Gasteiger partial charge in [0.2, 0.25) is 0 Å². The number of benzene rings is 1. The molecule has 0 radical (unpaired) electrons. The second-order valence-electron chi connectivity index (χ2n) is 6.22. The van der Waals surface area contributed by atoms with Gasteiger partial charge in [0.25, 0.3) is 0 Å². The Kier molecular flexibility index (Phi) is 2.69. The lowest BCUT2D eigenvalue weighted by molar-refractivity contribution is -0.116. The summed E-state index contributed by atoms with van der Waals surface area (Å²) in [6, 6.07) is 6.46. The Labute approximate surface area is 113 Å². The zero-order chi connectivity index (χ0) is 13.7. The summed E-state index contributed by atoms with van der Waals surface area (Å²) in [6.07, 6.45) is 0. The quantitative estimate of drug-likeness (QED) is 0.887. The van der Waals surface area contributed by atoms with Gasteiger partial charge in [0.1, 0.15) is 5.82 Å². The number of fused-ring (bicyclic) bond motifs is 1. The summed E-state index contributed by atoms with van der Waals surface area (Å²) in [4.78, 5) is 7.76. The van der Waals surface area contributed by atoms with Crippen molar-refractivity contribution in [2.45, 2.75) is 26.2 Å². The van der Waals surface area contributed by atoms with Crippen LogP contribution in [0.2, 0.25) is 0 Å². The van der Waals surface area contributed by atoms with Crippen LogP contribution in [-0.4, -0.2) is 29.7 Å². The lowest BCUT2D eigenvalue weighted by Gasteiger charge is -2.52. The van der Waals surface area contributed by atoms with Crippen LogP contribution >= 0.6 is 0 Å². The van der Waals surface area contributed by atoms with Gasteiger partial charge in [-0.05, 0) is 36.6 Å². The number of ether oxygens (including phenoxy) is 1. The maximum Gasteiger partial charge on any atom is 0.104 e. The van der Waals surface area contributed by atoms with Crippen LogP contribution in [0, 0.1) is 12.3 Å². The van der Waals surface area contributed by atoms with E-state index < -0.39 is 0 Å². The van der Waals surface area contributed by atoms with E-state index in [0.717, 1.165) is 30.1 Å². The third-order valence-electron chi connectivity index (χ3n) is 4.66. The average molecular weight is 259 g/mol. The fraction of sp³-hybridized carbons (Fsp3) is 0.533. The molecule has 3 N–H and O–H groups in total. The zero-order valence-electron chi connectivity index (χ0n) is 11.8. The fourth-order valence-electron chi connectivity index (χ4n) is 2.88. The van der Waals surface area contributed by atoms with Crippen LogP contribution in [0.3, 0.4) is 0 Å². The van der Waals surface area contributed by atoms with Crippen molar-refractivity contribution in [1.82, 2.24) is 9.97 Å². The zero-order valence-corrected chi connectivity index (χ0v) is 11.8. The number of nitrogens with two attached hydrogens (primary N) is 1. The predicted octanol–water partition coefficient (Wildman–Crippen LogP) is 2.12. The van der Waals surface area contributed by atoms with E-state index in [4.69, 9.17) is 10.5 Å². The SMILES string of the molecule is Cc1nc2ccc(C3(C(C)(C)CN)COC3)cc2[nH]1. The van der Waals surface area contributed by atoms with Gasteiger partial charge in [-0.2, -0.15) is 0 Å². The van der Waals surface area contributed by atoms with Gasteiger partial charge in [0.15, 0.2) is 0 Å². The summed E-state index contributed by atoms with van der Waals surface area (Å²) in [6.45, 7) is 8.56. The summed E-state index contributed by atoms with van der Waals surface area (Å²) < 4.78 is 5.52. The van der Waals surface area contributed by atoms with E-state index in [2.05, 4.69) is 42.0 Å². The molecule has 2 heterocycles. The largest absolute Gasteiger partial charge is 0.379 e. The van der Waals surface area contributed by atoms with E-state index >= 15 is 0 Å². The van der Waals surface area contributed by atoms with Crippen molar-refractivity contribution in [2.75, 3.05) is 19.8 Å². The van der Waals surface area contributed by atoms with Crippen molar-refractivity contribution in [2.24, 2.45) is 11.1 Å². The summed E-state index contributed by atoms with van der Waals surface area (Å²) in [5.74, 6) is 0.948. The highest BCUT2D eigenvalue weighted by atomic mass is 16.5. The molecule has 1 aliphatic heterocycles. The van der Waals surface area contributed by atoms with Crippen molar-refractivity contribution in [1.29, 1.82) is 0 Å². The van der Waals surface area contributed by atoms with Crippen LogP contribution in [0.1, 0.15) is 25.2 Å².